The summed E-state index contributed by atoms with van der Waals surface area (Å²) in [6.07, 6.45) is 4.27. The standard InChI is InChI=1S/C25H35FO6/c1-5-31-15(2)32-14-21(29)24(30)11-9-18-19-7-6-16-12-17(27)8-10-22(16,3)25(19,26)20(28)13-23(18,24)4/h8,10,12,15,18-20,28,30H,5-7,9,11,13-14H2,1-4H3/t15?,18-,19-,20-,22-,23-,24-,25-/m0/s1. The largest absolute Gasteiger partial charge is 0.390 e. The van der Waals surface area contributed by atoms with Crippen molar-refractivity contribution in [2.75, 3.05) is 13.2 Å². The number of ketones is 2. The number of aliphatic hydroxyl groups is 2. The molecular formula is C25H35FO6. The highest BCUT2D eigenvalue weighted by atomic mass is 19.1. The fourth-order valence-corrected chi connectivity index (χ4v) is 7.27. The van der Waals surface area contributed by atoms with Crippen molar-refractivity contribution in [1.82, 2.24) is 0 Å². The molecule has 8 atom stereocenters. The number of halogens is 1. The Kier molecular flexibility index (Phi) is 5.81. The first kappa shape index (κ1) is 23.7. The van der Waals surface area contributed by atoms with Crippen LogP contribution in [0.3, 0.4) is 0 Å². The van der Waals surface area contributed by atoms with Gasteiger partial charge in [-0.3, -0.25) is 9.59 Å². The van der Waals surface area contributed by atoms with Gasteiger partial charge in [0.05, 0.1) is 6.10 Å². The van der Waals surface area contributed by atoms with Crippen LogP contribution in [0, 0.1) is 22.7 Å². The minimum absolute atomic E-state index is 0.0292. The number of carbonyl (C=O) groups is 2. The van der Waals surface area contributed by atoms with E-state index in [4.69, 9.17) is 9.47 Å². The van der Waals surface area contributed by atoms with E-state index in [2.05, 4.69) is 0 Å². The number of hydrogen-bond donors (Lipinski definition) is 2. The SMILES string of the molecule is CCOC(C)OCC(=O)[C@@]1(O)CC[C@H]2[C@@H]3CCC4=CC(=O)C=C[C@]4(C)[C@@]3(F)[C@@H](O)C[C@@]21C. The Labute approximate surface area is 188 Å². The summed E-state index contributed by atoms with van der Waals surface area (Å²) in [5.41, 5.74) is -4.98. The quantitative estimate of drug-likeness (QED) is 0.604. The molecule has 0 aromatic carbocycles. The molecule has 0 spiro atoms. The van der Waals surface area contributed by atoms with Gasteiger partial charge < -0.3 is 19.7 Å². The van der Waals surface area contributed by atoms with E-state index in [0.717, 1.165) is 0 Å². The highest BCUT2D eigenvalue weighted by Crippen LogP contribution is 2.69. The zero-order valence-corrected chi connectivity index (χ0v) is 19.4. The maximum Gasteiger partial charge on any atom is 0.190 e. The van der Waals surface area contributed by atoms with E-state index in [1.165, 1.54) is 12.2 Å². The molecule has 7 heteroatoms. The molecule has 0 aliphatic heterocycles. The van der Waals surface area contributed by atoms with Gasteiger partial charge in [0.25, 0.3) is 0 Å². The highest BCUT2D eigenvalue weighted by Gasteiger charge is 2.74. The molecule has 0 amide bonds. The molecule has 6 nitrogen and oxygen atoms in total. The second-order valence-corrected chi connectivity index (χ2v) is 10.4. The van der Waals surface area contributed by atoms with E-state index in [0.29, 0.717) is 31.4 Å². The lowest BCUT2D eigenvalue weighted by molar-refractivity contribution is -0.219. The first-order chi connectivity index (χ1) is 14.9. The van der Waals surface area contributed by atoms with Gasteiger partial charge in [0.1, 0.15) is 12.2 Å². The number of rotatable bonds is 6. The lowest BCUT2D eigenvalue weighted by Crippen LogP contribution is -2.69. The number of aliphatic hydroxyl groups excluding tert-OH is 1. The molecule has 4 aliphatic rings. The lowest BCUT2D eigenvalue weighted by Gasteiger charge is -2.62. The summed E-state index contributed by atoms with van der Waals surface area (Å²) in [5.74, 6) is -1.39. The van der Waals surface area contributed by atoms with Crippen LogP contribution in [0.25, 0.3) is 0 Å². The third kappa shape index (κ3) is 3.04. The van der Waals surface area contributed by atoms with Crippen LogP contribution in [0.15, 0.2) is 23.8 Å². The Morgan fingerprint density at radius 1 is 1.28 bits per heavy atom. The third-order valence-corrected chi connectivity index (χ3v) is 9.10. The Bertz CT molecular complexity index is 868. The molecule has 1 unspecified atom stereocenters. The van der Waals surface area contributed by atoms with E-state index in [9.17, 15) is 19.8 Å². The van der Waals surface area contributed by atoms with Gasteiger partial charge in [-0.25, -0.2) is 4.39 Å². The normalized spacial score (nSPS) is 46.2. The van der Waals surface area contributed by atoms with Crippen LogP contribution >= 0.6 is 0 Å². The second kappa shape index (κ2) is 7.83. The monoisotopic (exact) mass is 450 g/mol. The number of ether oxygens (including phenoxy) is 2. The van der Waals surface area contributed by atoms with Gasteiger partial charge in [-0.05, 0) is 70.9 Å². The van der Waals surface area contributed by atoms with Gasteiger partial charge in [0, 0.05) is 23.4 Å². The molecule has 4 rings (SSSR count). The van der Waals surface area contributed by atoms with Gasteiger partial charge in [-0.15, -0.1) is 0 Å². The average Bonchev–Trinajstić information content (AvgIpc) is 3.00. The van der Waals surface area contributed by atoms with Crippen molar-refractivity contribution in [2.45, 2.75) is 83.5 Å². The number of allylic oxidation sites excluding steroid dienone is 4. The number of carbonyl (C=O) groups excluding carboxylic acids is 2. The predicted octanol–water partition coefficient (Wildman–Crippen LogP) is 3.06. The Morgan fingerprint density at radius 2 is 2.00 bits per heavy atom. The van der Waals surface area contributed by atoms with Gasteiger partial charge in [0.2, 0.25) is 0 Å². The molecule has 178 valence electrons. The molecule has 2 N–H and O–H groups in total. The summed E-state index contributed by atoms with van der Waals surface area (Å²) in [5, 5.41) is 22.9. The van der Waals surface area contributed by atoms with E-state index < -0.39 is 46.2 Å². The molecule has 0 heterocycles. The van der Waals surface area contributed by atoms with Gasteiger partial charge in [-0.2, -0.15) is 0 Å². The summed E-state index contributed by atoms with van der Waals surface area (Å²) < 4.78 is 27.8. The third-order valence-electron chi connectivity index (χ3n) is 9.10. The summed E-state index contributed by atoms with van der Waals surface area (Å²) in [6, 6.07) is 0. The number of hydrogen-bond acceptors (Lipinski definition) is 6. The van der Waals surface area contributed by atoms with Crippen LogP contribution in [-0.2, 0) is 19.1 Å². The molecule has 0 saturated heterocycles. The van der Waals surface area contributed by atoms with Crippen molar-refractivity contribution in [3.8, 4) is 0 Å². The molecule has 3 saturated carbocycles. The van der Waals surface area contributed by atoms with Crippen molar-refractivity contribution < 1.29 is 33.7 Å². The number of alkyl halides is 1. The fourth-order valence-electron chi connectivity index (χ4n) is 7.27. The highest BCUT2D eigenvalue weighted by molar-refractivity contribution is 6.01. The molecular weight excluding hydrogens is 415 g/mol. The zero-order chi connectivity index (χ0) is 23.5. The van der Waals surface area contributed by atoms with Gasteiger partial charge in [0.15, 0.2) is 23.5 Å². The van der Waals surface area contributed by atoms with Crippen LogP contribution in [0.2, 0.25) is 0 Å². The van der Waals surface area contributed by atoms with Crippen LogP contribution in [0.5, 0.6) is 0 Å². The first-order valence-corrected chi connectivity index (χ1v) is 11.7. The van der Waals surface area contributed by atoms with Crippen molar-refractivity contribution in [3.63, 3.8) is 0 Å². The van der Waals surface area contributed by atoms with E-state index >= 15 is 4.39 Å². The molecule has 4 aliphatic carbocycles. The molecule has 32 heavy (non-hydrogen) atoms. The summed E-state index contributed by atoms with van der Waals surface area (Å²) in [4.78, 5) is 25.1. The summed E-state index contributed by atoms with van der Waals surface area (Å²) in [6.45, 7) is 7.24. The summed E-state index contributed by atoms with van der Waals surface area (Å²) >= 11 is 0. The average molecular weight is 451 g/mol. The van der Waals surface area contributed by atoms with Crippen LogP contribution in [-0.4, -0.2) is 58.7 Å². The molecule has 0 aromatic heterocycles. The molecule has 3 fully saturated rings. The first-order valence-electron chi connectivity index (χ1n) is 11.7. The minimum atomic E-state index is -1.97. The van der Waals surface area contributed by atoms with Crippen molar-refractivity contribution in [1.29, 1.82) is 0 Å². The Balaban J connectivity index is 1.64. The molecule has 0 bridgehead atoms. The van der Waals surface area contributed by atoms with Crippen molar-refractivity contribution >= 4 is 11.6 Å². The minimum Gasteiger partial charge on any atom is -0.390 e. The van der Waals surface area contributed by atoms with Gasteiger partial charge in [-0.1, -0.05) is 18.6 Å². The van der Waals surface area contributed by atoms with E-state index in [-0.39, 0.29) is 31.1 Å². The maximum atomic E-state index is 17.0. The lowest BCUT2D eigenvalue weighted by atomic mass is 9.44. The fraction of sp³-hybridized carbons (Fsp3) is 0.760. The molecule has 0 radical (unpaired) electrons. The maximum absolute atomic E-state index is 17.0. The van der Waals surface area contributed by atoms with Crippen molar-refractivity contribution in [2.24, 2.45) is 22.7 Å². The van der Waals surface area contributed by atoms with Crippen LogP contribution in [0.1, 0.15) is 59.8 Å². The zero-order valence-electron chi connectivity index (χ0n) is 19.4. The van der Waals surface area contributed by atoms with Crippen molar-refractivity contribution in [3.05, 3.63) is 23.8 Å². The van der Waals surface area contributed by atoms with E-state index in [1.54, 1.807) is 19.9 Å². The predicted molar refractivity (Wildman–Crippen MR) is 115 cm³/mol. The Morgan fingerprint density at radius 3 is 2.69 bits per heavy atom. The second-order valence-electron chi connectivity index (χ2n) is 10.4. The topological polar surface area (TPSA) is 93.1 Å². The number of fused-ring (bicyclic) bond motifs is 5. The van der Waals surface area contributed by atoms with Crippen LogP contribution in [0.4, 0.5) is 4.39 Å². The van der Waals surface area contributed by atoms with Crippen LogP contribution < -0.4 is 0 Å². The number of Topliss-reactive ketones (excluding diaryl/α,β-unsaturated/α-hetero) is 1. The van der Waals surface area contributed by atoms with Gasteiger partial charge >= 0.3 is 0 Å². The Hall–Kier alpha value is -1.41. The smallest absolute Gasteiger partial charge is 0.190 e. The molecule has 0 aromatic rings. The van der Waals surface area contributed by atoms with E-state index in [1.807, 2.05) is 13.8 Å². The summed E-state index contributed by atoms with van der Waals surface area (Å²) in [7, 11) is 0.